The first-order valence-corrected chi connectivity index (χ1v) is 10.2. The highest BCUT2D eigenvalue weighted by Gasteiger charge is 2.29. The Morgan fingerprint density at radius 1 is 1.06 bits per heavy atom. The fourth-order valence-corrected chi connectivity index (χ4v) is 3.97. The summed E-state index contributed by atoms with van der Waals surface area (Å²) in [6.45, 7) is 0.311. The number of hydrogen-bond donors (Lipinski definition) is 2. The number of nitrogens with zero attached hydrogens (tertiary/aromatic N) is 3. The highest BCUT2D eigenvalue weighted by Crippen LogP contribution is 2.33. The van der Waals surface area contributed by atoms with Crippen molar-refractivity contribution in [1.82, 2.24) is 14.8 Å². The Morgan fingerprint density at radius 2 is 1.90 bits per heavy atom. The van der Waals surface area contributed by atoms with Gasteiger partial charge in [-0.3, -0.25) is 14.8 Å². The maximum Gasteiger partial charge on any atom is 0.327 e. The molecule has 0 saturated carbocycles. The molecule has 0 fully saturated rings. The van der Waals surface area contributed by atoms with Crippen LogP contribution in [0.2, 0.25) is 5.02 Å². The molecule has 0 unspecified atom stereocenters. The summed E-state index contributed by atoms with van der Waals surface area (Å²) < 4.78 is 1.53. The number of rotatable bonds is 2. The van der Waals surface area contributed by atoms with Crippen molar-refractivity contribution < 1.29 is 4.79 Å². The van der Waals surface area contributed by atoms with Gasteiger partial charge in [0.15, 0.2) is 0 Å². The van der Waals surface area contributed by atoms with Gasteiger partial charge in [-0.15, -0.1) is 0 Å². The van der Waals surface area contributed by atoms with E-state index in [4.69, 9.17) is 11.6 Å². The van der Waals surface area contributed by atoms with E-state index in [2.05, 4.69) is 15.4 Å². The molecule has 154 valence electrons. The Kier molecular flexibility index (Phi) is 4.80. The molecule has 1 aliphatic rings. The molecule has 2 N–H and O–H groups in total. The lowest BCUT2D eigenvalue weighted by molar-refractivity contribution is 0.257. The van der Waals surface area contributed by atoms with E-state index in [1.54, 1.807) is 41.4 Å². The maximum atomic E-state index is 13.2. The van der Waals surface area contributed by atoms with E-state index in [1.807, 2.05) is 36.4 Å². The summed E-state index contributed by atoms with van der Waals surface area (Å²) in [7, 11) is 0. The van der Waals surface area contributed by atoms with Gasteiger partial charge in [0.2, 0.25) is 0 Å². The number of para-hydroxylation sites is 1. The van der Waals surface area contributed by atoms with Gasteiger partial charge in [-0.05, 0) is 48.9 Å². The highest BCUT2D eigenvalue weighted by molar-refractivity contribution is 6.30. The van der Waals surface area contributed by atoms with Gasteiger partial charge >= 0.3 is 6.03 Å². The lowest BCUT2D eigenvalue weighted by Crippen LogP contribution is -2.37. The first kappa shape index (κ1) is 19.1. The van der Waals surface area contributed by atoms with Crippen LogP contribution < -0.4 is 15.8 Å². The fraction of sp³-hybridized carbons (Fsp3) is 0.0870. The van der Waals surface area contributed by atoms with Gasteiger partial charge in [-0.25, -0.2) is 14.5 Å². The van der Waals surface area contributed by atoms with Crippen LogP contribution in [-0.2, 0) is 6.42 Å². The van der Waals surface area contributed by atoms with E-state index in [0.29, 0.717) is 46.3 Å². The number of H-pyrrole nitrogens is 1. The molecule has 0 spiro atoms. The number of carbonyl (C=O) groups is 1. The largest absolute Gasteiger partial charge is 0.327 e. The number of hydrogen-bond acceptors (Lipinski definition) is 3. The number of pyridine rings is 1. The monoisotopic (exact) mass is 431 g/mol. The minimum Gasteiger partial charge on any atom is -0.307 e. The van der Waals surface area contributed by atoms with Gasteiger partial charge < -0.3 is 5.32 Å². The molecule has 0 aliphatic carbocycles. The number of amides is 2. The second-order valence-corrected chi connectivity index (χ2v) is 7.59. The topological polar surface area (TPSA) is 83.0 Å². The first-order chi connectivity index (χ1) is 15.1. The third-order valence-electron chi connectivity index (χ3n) is 5.22. The van der Waals surface area contributed by atoms with Gasteiger partial charge in [0.05, 0.1) is 11.4 Å². The van der Waals surface area contributed by atoms with Crippen LogP contribution in [0.4, 0.5) is 16.3 Å². The highest BCUT2D eigenvalue weighted by atomic mass is 35.5. The van der Waals surface area contributed by atoms with Crippen LogP contribution in [0, 0.1) is 0 Å². The molecular formula is C23H18ClN5O2. The molecule has 0 saturated heterocycles. The number of benzene rings is 2. The van der Waals surface area contributed by atoms with Crippen molar-refractivity contribution in [3.05, 3.63) is 93.9 Å². The quantitative estimate of drug-likeness (QED) is 0.491. The molecule has 2 aromatic heterocycles. The van der Waals surface area contributed by atoms with Crippen LogP contribution in [0.1, 0.15) is 5.56 Å². The van der Waals surface area contributed by atoms with Crippen molar-refractivity contribution in [3.8, 4) is 16.9 Å². The number of fused-ring (bicyclic) bond motifs is 3. The summed E-state index contributed by atoms with van der Waals surface area (Å²) in [4.78, 5) is 32.2. The van der Waals surface area contributed by atoms with Crippen LogP contribution in [0.5, 0.6) is 0 Å². The number of anilines is 2. The smallest absolute Gasteiger partial charge is 0.307 e. The number of aromatic nitrogens is 3. The van der Waals surface area contributed by atoms with Crippen LogP contribution in [0.3, 0.4) is 0 Å². The minimum atomic E-state index is -0.337. The van der Waals surface area contributed by atoms with E-state index in [-0.39, 0.29) is 11.6 Å². The number of aromatic amines is 1. The summed E-state index contributed by atoms with van der Waals surface area (Å²) in [5.74, 6) is 0.488. The lowest BCUT2D eigenvalue weighted by Gasteiger charge is -2.22. The summed E-state index contributed by atoms with van der Waals surface area (Å²) in [6.07, 6.45) is 2.03. The molecular weight excluding hydrogens is 414 g/mol. The summed E-state index contributed by atoms with van der Waals surface area (Å²) >= 11 is 6.03. The molecule has 1 aliphatic heterocycles. The second kappa shape index (κ2) is 7.77. The normalized spacial score (nSPS) is 12.6. The molecule has 0 radical (unpaired) electrons. The van der Waals surface area contributed by atoms with Gasteiger partial charge in [-0.1, -0.05) is 35.9 Å². The van der Waals surface area contributed by atoms with Crippen molar-refractivity contribution in [2.45, 2.75) is 6.42 Å². The van der Waals surface area contributed by atoms with Crippen LogP contribution in [-0.4, -0.2) is 27.3 Å². The van der Waals surface area contributed by atoms with Crippen LogP contribution >= 0.6 is 11.6 Å². The fourth-order valence-electron chi connectivity index (χ4n) is 3.78. The Bertz CT molecular complexity index is 1330. The predicted octanol–water partition coefficient (Wildman–Crippen LogP) is 4.48. The zero-order valence-corrected chi connectivity index (χ0v) is 17.1. The minimum absolute atomic E-state index is 0.131. The number of halogens is 1. The Labute approximate surface area is 182 Å². The van der Waals surface area contributed by atoms with Crippen LogP contribution in [0.15, 0.2) is 77.7 Å². The molecule has 2 aromatic carbocycles. The average molecular weight is 432 g/mol. The van der Waals surface area contributed by atoms with E-state index in [1.165, 1.54) is 4.68 Å². The molecule has 5 rings (SSSR count). The van der Waals surface area contributed by atoms with Crippen molar-refractivity contribution in [3.63, 3.8) is 0 Å². The van der Waals surface area contributed by atoms with Crippen molar-refractivity contribution in [2.24, 2.45) is 0 Å². The summed E-state index contributed by atoms with van der Waals surface area (Å²) in [5, 5.41) is 6.61. The van der Waals surface area contributed by atoms with E-state index >= 15 is 0 Å². The SMILES string of the molecule is O=C(Nc1cccc(Cl)c1)N1CCc2c([nH]n(-c3ccccc3)c2=O)-c2cccnc21. The molecule has 0 atom stereocenters. The van der Waals surface area contributed by atoms with Crippen molar-refractivity contribution in [2.75, 3.05) is 16.8 Å². The first-order valence-electron chi connectivity index (χ1n) is 9.80. The molecule has 0 bridgehead atoms. The third-order valence-corrected chi connectivity index (χ3v) is 5.45. The zero-order chi connectivity index (χ0) is 21.4. The standard InChI is InChI=1S/C23H18ClN5O2/c24-15-6-4-7-16(14-15)26-23(31)28-13-11-19-20(18-10-5-12-25-21(18)28)27-29(22(19)30)17-8-2-1-3-9-17/h1-10,12,14,27H,11,13H2,(H,26,31). The van der Waals surface area contributed by atoms with Crippen LogP contribution in [0.25, 0.3) is 16.9 Å². The molecule has 4 aromatic rings. The van der Waals surface area contributed by atoms with Gasteiger partial charge in [0.1, 0.15) is 5.82 Å². The molecule has 31 heavy (non-hydrogen) atoms. The van der Waals surface area contributed by atoms with Crippen molar-refractivity contribution in [1.29, 1.82) is 0 Å². The molecule has 8 heteroatoms. The van der Waals surface area contributed by atoms with E-state index in [0.717, 1.165) is 5.69 Å². The summed E-state index contributed by atoms with van der Waals surface area (Å²) in [6, 6.07) is 19.7. The van der Waals surface area contributed by atoms with E-state index < -0.39 is 0 Å². The van der Waals surface area contributed by atoms with Gasteiger partial charge in [-0.2, -0.15) is 0 Å². The number of urea groups is 1. The van der Waals surface area contributed by atoms with Gasteiger partial charge in [0, 0.05) is 34.6 Å². The number of carbonyl (C=O) groups excluding carboxylic acids is 1. The zero-order valence-electron chi connectivity index (χ0n) is 16.4. The Morgan fingerprint density at radius 3 is 2.71 bits per heavy atom. The maximum absolute atomic E-state index is 13.2. The lowest BCUT2D eigenvalue weighted by atomic mass is 10.1. The Hall–Kier alpha value is -3.84. The Balaban J connectivity index is 1.55. The predicted molar refractivity (Wildman–Crippen MR) is 121 cm³/mol. The number of nitrogens with one attached hydrogen (secondary N) is 2. The summed E-state index contributed by atoms with van der Waals surface area (Å²) in [5.41, 5.74) is 3.20. The average Bonchev–Trinajstić information content (AvgIpc) is 3.01. The molecule has 3 heterocycles. The third kappa shape index (κ3) is 3.49. The molecule has 2 amide bonds. The van der Waals surface area contributed by atoms with Gasteiger partial charge in [0.25, 0.3) is 5.56 Å². The van der Waals surface area contributed by atoms with E-state index in [9.17, 15) is 9.59 Å². The molecule has 7 nitrogen and oxygen atoms in total. The van der Waals surface area contributed by atoms with Crippen molar-refractivity contribution >= 4 is 29.1 Å². The second-order valence-electron chi connectivity index (χ2n) is 7.16.